The molecule has 0 aliphatic rings. The van der Waals surface area contributed by atoms with Crippen LogP contribution < -0.4 is 4.98 Å². The second-order valence-electron chi connectivity index (χ2n) is 9.40. The molecule has 1 rings (SSSR count). The Morgan fingerprint density at radius 2 is 1.17 bits per heavy atom. The van der Waals surface area contributed by atoms with Gasteiger partial charge in [-0.05, 0) is 23.0 Å². The molecular weight excluding hydrogens is 301 g/mol. The predicted octanol–water partition coefficient (Wildman–Crippen LogP) is 7.36. The Morgan fingerprint density at radius 3 is 1.43 bits per heavy atom. The summed E-state index contributed by atoms with van der Waals surface area (Å²) in [5.74, 6) is 0.740. The summed E-state index contributed by atoms with van der Waals surface area (Å²) < 4.78 is 16.4. The zero-order valence-electron chi connectivity index (χ0n) is 16.8. The molecule has 0 heterocycles. The second-order valence-corrected chi connectivity index (χ2v) is 14.0. The van der Waals surface area contributed by atoms with Crippen LogP contribution in [-0.2, 0) is 0 Å². The molecule has 1 N–H and O–H groups in total. The number of hydrogen-bond donors (Lipinski definition) is 1. The van der Waals surface area contributed by atoms with E-state index in [-0.39, 0.29) is 10.1 Å². The third-order valence-electron chi connectivity index (χ3n) is 4.74. The number of anilines is 1. The van der Waals surface area contributed by atoms with E-state index in [4.69, 9.17) is 0 Å². The van der Waals surface area contributed by atoms with E-state index in [0.29, 0.717) is 11.8 Å². The Balaban J connectivity index is 3.57. The lowest BCUT2D eigenvalue weighted by Gasteiger charge is -2.45. The zero-order chi connectivity index (χ0) is 18.2. The van der Waals surface area contributed by atoms with Crippen LogP contribution in [0.1, 0.15) is 92.2 Å². The fourth-order valence-electron chi connectivity index (χ4n) is 3.37. The van der Waals surface area contributed by atoms with Crippen molar-refractivity contribution in [3.8, 4) is 0 Å². The van der Waals surface area contributed by atoms with Gasteiger partial charge in [0.2, 0.25) is 0 Å². The Morgan fingerprint density at radius 1 is 0.826 bits per heavy atom. The quantitative estimate of drug-likeness (QED) is 0.447. The van der Waals surface area contributed by atoms with E-state index in [0.717, 1.165) is 5.69 Å². The smallest absolute Gasteiger partial charge is 0.357 e. The summed E-state index contributed by atoms with van der Waals surface area (Å²) in [4.78, 5) is 3.51. The van der Waals surface area contributed by atoms with E-state index in [1.54, 1.807) is 0 Å². The number of benzene rings is 1. The van der Waals surface area contributed by atoms with Crippen molar-refractivity contribution < 1.29 is 4.11 Å². The van der Waals surface area contributed by atoms with Crippen molar-refractivity contribution in [2.75, 3.05) is 4.98 Å². The molecule has 0 unspecified atom stereocenters. The topological polar surface area (TPSA) is 12.0 Å². The Labute approximate surface area is 144 Å². The largest absolute Gasteiger partial charge is 0.385 e. The first kappa shape index (κ1) is 20.2. The zero-order valence-corrected chi connectivity index (χ0v) is 17.8. The predicted molar refractivity (Wildman–Crippen MR) is 105 cm³/mol. The minimum atomic E-state index is -3.30. The minimum Gasteiger partial charge on any atom is -0.385 e. The molecule has 0 amide bonds. The SMILES string of the molecule is CC(C)c1cccc(C(C)C)c1N[Si](F)(C(C)(C)C)C(C)(C)C. The van der Waals surface area contributed by atoms with Crippen LogP contribution in [0.15, 0.2) is 18.2 Å². The van der Waals surface area contributed by atoms with Gasteiger partial charge in [0.25, 0.3) is 0 Å². The summed E-state index contributed by atoms with van der Waals surface area (Å²) in [5, 5.41) is -0.771. The number of rotatable bonds is 4. The highest BCUT2D eigenvalue weighted by molar-refractivity contribution is 6.81. The van der Waals surface area contributed by atoms with Gasteiger partial charge in [0.15, 0.2) is 0 Å². The molecule has 0 radical (unpaired) electrons. The van der Waals surface area contributed by atoms with Crippen LogP contribution in [0.2, 0.25) is 10.1 Å². The van der Waals surface area contributed by atoms with Crippen LogP contribution in [0.3, 0.4) is 0 Å². The Bertz CT molecular complexity index is 495. The van der Waals surface area contributed by atoms with Crippen molar-refractivity contribution in [2.45, 2.75) is 91.1 Å². The molecule has 0 aromatic heterocycles. The van der Waals surface area contributed by atoms with Gasteiger partial charge in [-0.3, -0.25) is 4.11 Å². The van der Waals surface area contributed by atoms with Crippen molar-refractivity contribution in [2.24, 2.45) is 0 Å². The molecule has 0 fully saturated rings. The van der Waals surface area contributed by atoms with E-state index >= 15 is 4.11 Å². The van der Waals surface area contributed by atoms with Crippen molar-refractivity contribution in [3.63, 3.8) is 0 Å². The lowest BCUT2D eigenvalue weighted by molar-refractivity contribution is 0.524. The molecular formula is C20H36FNSi. The molecule has 1 aromatic rings. The molecule has 0 saturated heterocycles. The number of para-hydroxylation sites is 1. The van der Waals surface area contributed by atoms with Crippen LogP contribution in [-0.4, -0.2) is 8.57 Å². The Kier molecular flexibility index (Phi) is 5.78. The molecule has 0 saturated carbocycles. The number of nitrogens with one attached hydrogen (secondary N) is 1. The lowest BCUT2D eigenvalue weighted by Crippen LogP contribution is -2.55. The van der Waals surface area contributed by atoms with Gasteiger partial charge in [0.1, 0.15) is 0 Å². The maximum absolute atomic E-state index is 16.4. The van der Waals surface area contributed by atoms with E-state index < -0.39 is 8.57 Å². The first-order valence-corrected chi connectivity index (χ1v) is 10.7. The molecule has 0 bridgehead atoms. The summed E-state index contributed by atoms with van der Waals surface area (Å²) >= 11 is 0. The average molecular weight is 338 g/mol. The molecule has 3 heteroatoms. The van der Waals surface area contributed by atoms with Crippen molar-refractivity contribution in [1.29, 1.82) is 0 Å². The Hall–Kier alpha value is -0.833. The molecule has 1 nitrogen and oxygen atoms in total. The number of hydrogen-bond acceptors (Lipinski definition) is 1. The van der Waals surface area contributed by atoms with Gasteiger partial charge >= 0.3 is 8.57 Å². The first-order valence-electron chi connectivity index (χ1n) is 8.82. The maximum Gasteiger partial charge on any atom is 0.357 e. The van der Waals surface area contributed by atoms with Crippen molar-refractivity contribution >= 4 is 14.3 Å². The normalized spacial score (nSPS) is 13.8. The van der Waals surface area contributed by atoms with Gasteiger partial charge in [-0.25, -0.2) is 0 Å². The molecule has 23 heavy (non-hydrogen) atoms. The van der Waals surface area contributed by atoms with Gasteiger partial charge in [0.05, 0.1) is 0 Å². The van der Waals surface area contributed by atoms with Gasteiger partial charge in [-0.2, -0.15) is 0 Å². The highest BCUT2D eigenvalue weighted by atomic mass is 28.4. The number of halogens is 1. The summed E-state index contributed by atoms with van der Waals surface area (Å²) in [6.07, 6.45) is 0. The lowest BCUT2D eigenvalue weighted by atomic mass is 9.93. The van der Waals surface area contributed by atoms with E-state index in [1.165, 1.54) is 11.1 Å². The maximum atomic E-state index is 16.4. The van der Waals surface area contributed by atoms with Crippen LogP contribution in [0.4, 0.5) is 9.80 Å². The molecule has 0 spiro atoms. The third-order valence-corrected chi connectivity index (χ3v) is 9.47. The van der Waals surface area contributed by atoms with Gasteiger partial charge < -0.3 is 4.98 Å². The molecule has 0 aliphatic carbocycles. The van der Waals surface area contributed by atoms with Crippen LogP contribution >= 0.6 is 0 Å². The van der Waals surface area contributed by atoms with E-state index in [9.17, 15) is 0 Å². The minimum absolute atomic E-state index is 0.370. The van der Waals surface area contributed by atoms with E-state index in [2.05, 4.69) is 50.9 Å². The fraction of sp³-hybridized carbons (Fsp3) is 0.700. The second kappa shape index (κ2) is 6.58. The van der Waals surface area contributed by atoms with Crippen LogP contribution in [0.25, 0.3) is 0 Å². The van der Waals surface area contributed by atoms with Gasteiger partial charge in [-0.1, -0.05) is 87.4 Å². The molecule has 0 aliphatic heterocycles. The highest BCUT2D eigenvalue weighted by Gasteiger charge is 2.56. The summed E-state index contributed by atoms with van der Waals surface area (Å²) in [7, 11) is -3.30. The monoisotopic (exact) mass is 337 g/mol. The standard InChI is InChI=1S/C20H36FNSi/c1-14(2)16-12-11-13-17(15(3)4)18(16)22-23(21,19(5,6)7)20(8,9)10/h11-15,22H,1-10H3. The molecule has 132 valence electrons. The van der Waals surface area contributed by atoms with Crippen LogP contribution in [0, 0.1) is 0 Å². The molecule has 0 atom stereocenters. The average Bonchev–Trinajstić information content (AvgIpc) is 2.35. The summed E-state index contributed by atoms with van der Waals surface area (Å²) in [6, 6.07) is 6.38. The first-order chi connectivity index (χ1) is 10.2. The molecule has 1 aromatic carbocycles. The van der Waals surface area contributed by atoms with Gasteiger partial charge in [0, 0.05) is 15.8 Å². The highest BCUT2D eigenvalue weighted by Crippen LogP contribution is 2.52. The third kappa shape index (κ3) is 3.99. The van der Waals surface area contributed by atoms with Crippen molar-refractivity contribution in [3.05, 3.63) is 29.3 Å². The van der Waals surface area contributed by atoms with Crippen molar-refractivity contribution in [1.82, 2.24) is 0 Å². The van der Waals surface area contributed by atoms with Crippen LogP contribution in [0.5, 0.6) is 0 Å². The fourth-order valence-corrected chi connectivity index (χ4v) is 7.00. The van der Waals surface area contributed by atoms with Gasteiger partial charge in [-0.15, -0.1) is 0 Å². The summed E-state index contributed by atoms with van der Waals surface area (Å²) in [6.45, 7) is 20.9. The van der Waals surface area contributed by atoms with E-state index in [1.807, 2.05) is 41.5 Å². The summed E-state index contributed by atoms with van der Waals surface area (Å²) in [5.41, 5.74) is 3.48.